The first-order valence-electron chi connectivity index (χ1n) is 8.82. The lowest BCUT2D eigenvalue weighted by Crippen LogP contribution is -2.22. The van der Waals surface area contributed by atoms with Gasteiger partial charge < -0.3 is 19.7 Å². The van der Waals surface area contributed by atoms with Crippen LogP contribution in [0.5, 0.6) is 17.2 Å². The predicted octanol–water partition coefficient (Wildman–Crippen LogP) is 2.54. The number of hydrogen-bond acceptors (Lipinski definition) is 7. The van der Waals surface area contributed by atoms with Crippen molar-refractivity contribution in [2.45, 2.75) is 20.0 Å². The number of aliphatic hydroxyl groups is 1. The van der Waals surface area contributed by atoms with Gasteiger partial charge in [-0.3, -0.25) is 14.4 Å². The highest BCUT2D eigenvalue weighted by molar-refractivity contribution is 6.30. The minimum Gasteiger partial charge on any atom is -0.507 e. The van der Waals surface area contributed by atoms with Crippen molar-refractivity contribution in [3.05, 3.63) is 57.7 Å². The third-order valence-corrected chi connectivity index (χ3v) is 4.79. The molecule has 0 aromatic heterocycles. The molecule has 0 aliphatic heterocycles. The monoisotopic (exact) mass is 396 g/mol. The molecule has 1 aliphatic rings. The van der Waals surface area contributed by atoms with Gasteiger partial charge in [0.2, 0.25) is 5.78 Å². The van der Waals surface area contributed by atoms with Crippen LogP contribution in [0.1, 0.15) is 51.3 Å². The molecule has 0 bridgehead atoms. The number of phenolic OH excluding ortho intramolecular Hbond substituents is 1. The number of fused-ring (bicyclic) bond motifs is 2. The fourth-order valence-electron chi connectivity index (χ4n) is 3.40. The average molecular weight is 396 g/mol. The van der Waals surface area contributed by atoms with Crippen molar-refractivity contribution < 1.29 is 34.1 Å². The normalized spacial score (nSPS) is 14.2. The third kappa shape index (κ3) is 3.40. The van der Waals surface area contributed by atoms with Gasteiger partial charge in [0, 0.05) is 22.8 Å². The molecule has 7 nitrogen and oxygen atoms in total. The van der Waals surface area contributed by atoms with Crippen molar-refractivity contribution in [1.29, 1.82) is 0 Å². The Bertz CT molecular complexity index is 1080. The first-order valence-corrected chi connectivity index (χ1v) is 8.82. The van der Waals surface area contributed by atoms with Gasteiger partial charge in [-0.15, -0.1) is 0 Å². The molecule has 0 radical (unpaired) electrons. The molecule has 1 aliphatic carbocycles. The lowest BCUT2D eigenvalue weighted by Gasteiger charge is -2.22. The quantitative estimate of drug-likeness (QED) is 0.638. The zero-order valence-electron chi connectivity index (χ0n) is 16.4. The van der Waals surface area contributed by atoms with E-state index in [9.17, 15) is 24.6 Å². The van der Waals surface area contributed by atoms with Crippen molar-refractivity contribution >= 4 is 23.4 Å². The van der Waals surface area contributed by atoms with Gasteiger partial charge in [0.15, 0.2) is 11.6 Å². The Morgan fingerprint density at radius 1 is 1.00 bits per heavy atom. The first kappa shape index (κ1) is 20.3. The Labute approximate surface area is 167 Å². The number of carbonyl (C=O) groups is 3. The number of Topliss-reactive ketones (excluding diaryl/α,β-unsaturated/α-hetero) is 1. The molecule has 0 saturated carbocycles. The molecule has 2 aromatic carbocycles. The van der Waals surface area contributed by atoms with E-state index in [1.54, 1.807) is 0 Å². The second-order valence-corrected chi connectivity index (χ2v) is 6.70. The fraction of sp³-hybridized carbons (Fsp3) is 0.227. The van der Waals surface area contributed by atoms with Gasteiger partial charge in [-0.2, -0.15) is 0 Å². The van der Waals surface area contributed by atoms with Crippen LogP contribution >= 0.6 is 0 Å². The SMILES string of the molecule is COc1cc(OC)c2c(c1)C(=O)c1cc(C=C(C(C)=O)C(C)O)cc(O)c1C2=O. The molecule has 7 heteroatoms. The Kier molecular flexibility index (Phi) is 5.26. The highest BCUT2D eigenvalue weighted by Gasteiger charge is 2.35. The lowest BCUT2D eigenvalue weighted by molar-refractivity contribution is -0.114. The van der Waals surface area contributed by atoms with Crippen LogP contribution in [-0.4, -0.2) is 47.9 Å². The van der Waals surface area contributed by atoms with Gasteiger partial charge in [-0.1, -0.05) is 0 Å². The maximum absolute atomic E-state index is 13.1. The van der Waals surface area contributed by atoms with E-state index < -0.39 is 23.4 Å². The number of rotatable bonds is 5. The number of benzene rings is 2. The summed E-state index contributed by atoms with van der Waals surface area (Å²) in [5.41, 5.74) is 0.441. The van der Waals surface area contributed by atoms with Crippen LogP contribution < -0.4 is 9.47 Å². The molecule has 0 heterocycles. The van der Waals surface area contributed by atoms with E-state index in [1.165, 1.54) is 58.4 Å². The minimum absolute atomic E-state index is 0.00227. The molecule has 2 N–H and O–H groups in total. The Hall–Kier alpha value is -3.45. The molecule has 3 rings (SSSR count). The molecule has 29 heavy (non-hydrogen) atoms. The molecule has 0 spiro atoms. The van der Waals surface area contributed by atoms with Gasteiger partial charge in [0.05, 0.1) is 31.5 Å². The molecule has 1 atom stereocenters. The van der Waals surface area contributed by atoms with Gasteiger partial charge in [0.1, 0.15) is 17.2 Å². The number of hydrogen-bond donors (Lipinski definition) is 2. The van der Waals surface area contributed by atoms with E-state index in [0.717, 1.165) is 0 Å². The zero-order chi connectivity index (χ0) is 21.5. The summed E-state index contributed by atoms with van der Waals surface area (Å²) < 4.78 is 10.4. The van der Waals surface area contributed by atoms with E-state index in [0.29, 0.717) is 11.3 Å². The van der Waals surface area contributed by atoms with Crippen LogP contribution in [-0.2, 0) is 4.79 Å². The number of ketones is 3. The number of carbonyl (C=O) groups excluding carboxylic acids is 3. The number of methoxy groups -OCH3 is 2. The van der Waals surface area contributed by atoms with Crippen LogP contribution in [0.15, 0.2) is 29.8 Å². The standard InChI is InChI=1S/C22H20O7/c1-10(23)14(11(2)24)5-12-6-15-19(17(25)7-12)22(27)20-16(21(15)26)8-13(28-3)9-18(20)29-4/h5-10,23,25H,1-4H3. The first-order chi connectivity index (χ1) is 13.7. The van der Waals surface area contributed by atoms with Crippen molar-refractivity contribution in [3.8, 4) is 17.2 Å². The lowest BCUT2D eigenvalue weighted by atomic mass is 9.82. The summed E-state index contributed by atoms with van der Waals surface area (Å²) in [6.07, 6.45) is 0.351. The highest BCUT2D eigenvalue weighted by Crippen LogP contribution is 2.40. The predicted molar refractivity (Wildman–Crippen MR) is 105 cm³/mol. The average Bonchev–Trinajstić information content (AvgIpc) is 2.68. The molecule has 0 amide bonds. The Morgan fingerprint density at radius 2 is 1.66 bits per heavy atom. The van der Waals surface area contributed by atoms with E-state index in [4.69, 9.17) is 9.47 Å². The van der Waals surface area contributed by atoms with E-state index in [-0.39, 0.29) is 39.4 Å². The highest BCUT2D eigenvalue weighted by atomic mass is 16.5. The van der Waals surface area contributed by atoms with E-state index >= 15 is 0 Å². The van der Waals surface area contributed by atoms with Crippen LogP contribution in [0.4, 0.5) is 0 Å². The van der Waals surface area contributed by atoms with Crippen molar-refractivity contribution in [1.82, 2.24) is 0 Å². The smallest absolute Gasteiger partial charge is 0.201 e. The zero-order valence-corrected chi connectivity index (χ0v) is 16.4. The summed E-state index contributed by atoms with van der Waals surface area (Å²) in [6, 6.07) is 5.62. The topological polar surface area (TPSA) is 110 Å². The number of phenols is 1. The number of aromatic hydroxyl groups is 1. The van der Waals surface area contributed by atoms with Crippen LogP contribution in [0.25, 0.3) is 6.08 Å². The summed E-state index contributed by atoms with van der Waals surface area (Å²) in [5.74, 6) is -1.27. The molecular weight excluding hydrogens is 376 g/mol. The van der Waals surface area contributed by atoms with Crippen LogP contribution in [0.3, 0.4) is 0 Å². The molecule has 1 unspecified atom stereocenters. The summed E-state index contributed by atoms with van der Waals surface area (Å²) >= 11 is 0. The Balaban J connectivity index is 2.24. The maximum Gasteiger partial charge on any atom is 0.201 e. The molecule has 2 aromatic rings. The van der Waals surface area contributed by atoms with Gasteiger partial charge >= 0.3 is 0 Å². The van der Waals surface area contributed by atoms with Crippen molar-refractivity contribution in [2.24, 2.45) is 0 Å². The summed E-state index contributed by atoms with van der Waals surface area (Å²) in [4.78, 5) is 37.9. The van der Waals surface area contributed by atoms with Gasteiger partial charge in [-0.05, 0) is 43.7 Å². The van der Waals surface area contributed by atoms with E-state index in [2.05, 4.69) is 0 Å². The number of ether oxygens (including phenoxy) is 2. The summed E-state index contributed by atoms with van der Waals surface area (Å²) in [7, 11) is 2.80. The van der Waals surface area contributed by atoms with Gasteiger partial charge in [0.25, 0.3) is 0 Å². The Morgan fingerprint density at radius 3 is 2.21 bits per heavy atom. The molecule has 0 fully saturated rings. The minimum atomic E-state index is -1.03. The van der Waals surface area contributed by atoms with Crippen molar-refractivity contribution in [2.75, 3.05) is 14.2 Å². The second kappa shape index (κ2) is 7.52. The van der Waals surface area contributed by atoms with E-state index in [1.807, 2.05) is 0 Å². The molecule has 150 valence electrons. The largest absolute Gasteiger partial charge is 0.507 e. The fourth-order valence-corrected chi connectivity index (χ4v) is 3.40. The number of aliphatic hydroxyl groups excluding tert-OH is 1. The van der Waals surface area contributed by atoms with Crippen LogP contribution in [0, 0.1) is 0 Å². The summed E-state index contributed by atoms with van der Waals surface area (Å²) in [6.45, 7) is 2.75. The molecular formula is C22H20O7. The third-order valence-electron chi connectivity index (χ3n) is 4.79. The van der Waals surface area contributed by atoms with Crippen molar-refractivity contribution in [3.63, 3.8) is 0 Å². The molecule has 0 saturated heterocycles. The summed E-state index contributed by atoms with van der Waals surface area (Å²) in [5, 5.41) is 20.3. The second-order valence-electron chi connectivity index (χ2n) is 6.70. The van der Waals surface area contributed by atoms with Crippen LogP contribution in [0.2, 0.25) is 0 Å². The maximum atomic E-state index is 13.1. The van der Waals surface area contributed by atoms with Gasteiger partial charge in [-0.25, -0.2) is 0 Å².